The molecule has 0 radical (unpaired) electrons. The second-order valence-corrected chi connectivity index (χ2v) is 7.74. The van der Waals surface area contributed by atoms with Gasteiger partial charge in [-0.1, -0.05) is 6.07 Å². The molecule has 3 nitrogen and oxygen atoms in total. The van der Waals surface area contributed by atoms with Gasteiger partial charge in [0.15, 0.2) is 0 Å². The molecule has 2 aliphatic heterocycles. The quantitative estimate of drug-likeness (QED) is 0.931. The second kappa shape index (κ2) is 5.85. The van der Waals surface area contributed by atoms with Crippen molar-refractivity contribution < 1.29 is 4.79 Å². The fourth-order valence-corrected chi connectivity index (χ4v) is 5.09. The summed E-state index contributed by atoms with van der Waals surface area (Å²) in [6.07, 6.45) is 2.39. The molecule has 2 fully saturated rings. The number of rotatable bonds is 3. The third-order valence-electron chi connectivity index (χ3n) is 3.95. The molecule has 2 saturated heterocycles. The highest BCUT2D eigenvalue weighted by molar-refractivity contribution is 8.01. The number of amides is 1. The maximum Gasteiger partial charge on any atom is 0.236 e. The Morgan fingerprint density at radius 1 is 1.42 bits per heavy atom. The summed E-state index contributed by atoms with van der Waals surface area (Å²) >= 11 is 3.56. The highest BCUT2D eigenvalue weighted by Crippen LogP contribution is 2.45. The van der Waals surface area contributed by atoms with Crippen LogP contribution in [0.4, 0.5) is 0 Å². The van der Waals surface area contributed by atoms with Crippen LogP contribution in [0, 0.1) is 5.92 Å². The Kier molecular flexibility index (Phi) is 4.15. The fraction of sp³-hybridized carbons (Fsp3) is 0.643. The molecule has 0 bridgehead atoms. The van der Waals surface area contributed by atoms with Crippen LogP contribution in [-0.2, 0) is 4.79 Å². The van der Waals surface area contributed by atoms with Crippen molar-refractivity contribution in [1.29, 1.82) is 0 Å². The van der Waals surface area contributed by atoms with Crippen LogP contribution in [0.15, 0.2) is 17.5 Å². The van der Waals surface area contributed by atoms with Crippen LogP contribution >= 0.6 is 23.1 Å². The molecule has 1 aromatic rings. The zero-order valence-electron chi connectivity index (χ0n) is 11.2. The largest absolute Gasteiger partial charge is 0.324 e. The SMILES string of the molecule is C[C@@H]1S[C@H](c2cccs2)N(CC2CCNCC2)C1=O. The zero-order valence-corrected chi connectivity index (χ0v) is 12.8. The number of nitrogens with zero attached hydrogens (tertiary/aromatic N) is 1. The van der Waals surface area contributed by atoms with Crippen molar-refractivity contribution in [3.63, 3.8) is 0 Å². The van der Waals surface area contributed by atoms with Crippen molar-refractivity contribution in [1.82, 2.24) is 10.2 Å². The van der Waals surface area contributed by atoms with Crippen LogP contribution in [0.1, 0.15) is 30.0 Å². The van der Waals surface area contributed by atoms with Gasteiger partial charge in [0.2, 0.25) is 5.91 Å². The van der Waals surface area contributed by atoms with Gasteiger partial charge in [0.05, 0.1) is 5.25 Å². The monoisotopic (exact) mass is 296 g/mol. The average Bonchev–Trinajstić information content (AvgIpc) is 3.04. The van der Waals surface area contributed by atoms with E-state index in [1.165, 1.54) is 17.7 Å². The Morgan fingerprint density at radius 2 is 2.21 bits per heavy atom. The van der Waals surface area contributed by atoms with Crippen LogP contribution in [0.3, 0.4) is 0 Å². The number of nitrogens with one attached hydrogen (secondary N) is 1. The molecule has 3 heterocycles. The molecule has 2 aliphatic rings. The number of hydrogen-bond acceptors (Lipinski definition) is 4. The van der Waals surface area contributed by atoms with Crippen molar-refractivity contribution in [3.8, 4) is 0 Å². The minimum Gasteiger partial charge on any atom is -0.324 e. The van der Waals surface area contributed by atoms with Gasteiger partial charge in [0, 0.05) is 11.4 Å². The Balaban J connectivity index is 1.73. The first-order chi connectivity index (χ1) is 9.25. The fourth-order valence-electron chi connectivity index (χ4n) is 2.85. The third kappa shape index (κ3) is 2.83. The van der Waals surface area contributed by atoms with Gasteiger partial charge in [-0.15, -0.1) is 23.1 Å². The molecule has 1 amide bonds. The molecule has 1 aromatic heterocycles. The number of carbonyl (C=O) groups is 1. The summed E-state index contributed by atoms with van der Waals surface area (Å²) < 4.78 is 0. The highest BCUT2D eigenvalue weighted by Gasteiger charge is 2.39. The molecule has 0 unspecified atom stereocenters. The maximum atomic E-state index is 12.4. The van der Waals surface area contributed by atoms with Crippen LogP contribution in [0.5, 0.6) is 0 Å². The molecule has 5 heteroatoms. The minimum absolute atomic E-state index is 0.105. The van der Waals surface area contributed by atoms with E-state index in [1.807, 2.05) is 6.92 Å². The number of carbonyl (C=O) groups excluding carboxylic acids is 1. The van der Waals surface area contributed by atoms with E-state index < -0.39 is 0 Å². The average molecular weight is 296 g/mol. The normalized spacial score (nSPS) is 29.1. The minimum atomic E-state index is 0.105. The Labute approximate surface area is 122 Å². The standard InChI is InChI=1S/C14H20N2OS2/c1-10-13(17)16(9-11-4-6-15-7-5-11)14(19-10)12-3-2-8-18-12/h2-3,8,10-11,14-15H,4-7,9H2,1H3/t10-,14+/m0/s1. The van der Waals surface area contributed by atoms with Gasteiger partial charge in [0.1, 0.15) is 5.37 Å². The molecule has 1 N–H and O–H groups in total. The van der Waals surface area contributed by atoms with E-state index in [-0.39, 0.29) is 10.6 Å². The van der Waals surface area contributed by atoms with Crippen molar-refractivity contribution in [2.45, 2.75) is 30.4 Å². The van der Waals surface area contributed by atoms with Gasteiger partial charge < -0.3 is 10.2 Å². The van der Waals surface area contributed by atoms with Gasteiger partial charge in [-0.2, -0.15) is 0 Å². The molecule has 0 aromatic carbocycles. The molecule has 0 spiro atoms. The number of thiophene rings is 1. The summed E-state index contributed by atoms with van der Waals surface area (Å²) in [7, 11) is 0. The molecule has 3 rings (SSSR count). The van der Waals surface area contributed by atoms with Crippen LogP contribution in [0.2, 0.25) is 0 Å². The molecule has 104 valence electrons. The lowest BCUT2D eigenvalue weighted by Crippen LogP contribution is -2.38. The smallest absolute Gasteiger partial charge is 0.236 e. The van der Waals surface area contributed by atoms with E-state index in [0.717, 1.165) is 19.6 Å². The van der Waals surface area contributed by atoms with E-state index in [2.05, 4.69) is 27.7 Å². The summed E-state index contributed by atoms with van der Waals surface area (Å²) in [5.74, 6) is 0.987. The molecule has 0 aliphatic carbocycles. The topological polar surface area (TPSA) is 32.3 Å². The van der Waals surface area contributed by atoms with Gasteiger partial charge in [0.25, 0.3) is 0 Å². The Morgan fingerprint density at radius 3 is 2.89 bits per heavy atom. The van der Waals surface area contributed by atoms with E-state index >= 15 is 0 Å². The summed E-state index contributed by atoms with van der Waals surface area (Å²) in [4.78, 5) is 15.8. The van der Waals surface area contributed by atoms with E-state index in [9.17, 15) is 4.79 Å². The van der Waals surface area contributed by atoms with Crippen LogP contribution in [-0.4, -0.2) is 35.7 Å². The highest BCUT2D eigenvalue weighted by atomic mass is 32.2. The molecular weight excluding hydrogens is 276 g/mol. The Bertz CT molecular complexity index is 429. The van der Waals surface area contributed by atoms with E-state index in [0.29, 0.717) is 11.8 Å². The molecule has 0 saturated carbocycles. The van der Waals surface area contributed by atoms with Crippen molar-refractivity contribution in [2.24, 2.45) is 5.92 Å². The lowest BCUT2D eigenvalue weighted by Gasteiger charge is -2.30. The maximum absolute atomic E-state index is 12.4. The van der Waals surface area contributed by atoms with Gasteiger partial charge in [-0.3, -0.25) is 4.79 Å². The molecule has 19 heavy (non-hydrogen) atoms. The first-order valence-electron chi connectivity index (χ1n) is 6.96. The number of thioether (sulfide) groups is 1. The van der Waals surface area contributed by atoms with Gasteiger partial charge >= 0.3 is 0 Å². The van der Waals surface area contributed by atoms with Crippen molar-refractivity contribution in [3.05, 3.63) is 22.4 Å². The predicted molar refractivity (Wildman–Crippen MR) is 81.4 cm³/mol. The zero-order chi connectivity index (χ0) is 13.2. The lowest BCUT2D eigenvalue weighted by atomic mass is 9.97. The summed E-state index contributed by atoms with van der Waals surface area (Å²) in [5, 5.41) is 5.85. The molecular formula is C14H20N2OS2. The lowest BCUT2D eigenvalue weighted by molar-refractivity contribution is -0.130. The number of piperidine rings is 1. The summed E-state index contributed by atoms with van der Waals surface area (Å²) in [6, 6.07) is 4.24. The van der Waals surface area contributed by atoms with Gasteiger partial charge in [-0.05, 0) is 50.2 Å². The summed E-state index contributed by atoms with van der Waals surface area (Å²) in [6.45, 7) is 5.16. The van der Waals surface area contributed by atoms with Gasteiger partial charge in [-0.25, -0.2) is 0 Å². The molecule has 2 atom stereocenters. The van der Waals surface area contributed by atoms with E-state index in [1.54, 1.807) is 23.1 Å². The third-order valence-corrected chi connectivity index (χ3v) is 6.40. The first-order valence-corrected chi connectivity index (χ1v) is 8.78. The van der Waals surface area contributed by atoms with E-state index in [4.69, 9.17) is 0 Å². The van der Waals surface area contributed by atoms with Crippen molar-refractivity contribution >= 4 is 29.0 Å². The van der Waals surface area contributed by atoms with Crippen LogP contribution < -0.4 is 5.32 Å². The first kappa shape index (κ1) is 13.5. The second-order valence-electron chi connectivity index (χ2n) is 5.33. The summed E-state index contributed by atoms with van der Waals surface area (Å²) in [5.41, 5.74) is 0. The Hall–Kier alpha value is -0.520. The van der Waals surface area contributed by atoms with Crippen molar-refractivity contribution in [2.75, 3.05) is 19.6 Å². The predicted octanol–water partition coefficient (Wildman–Crippen LogP) is 2.71. The van der Waals surface area contributed by atoms with Crippen LogP contribution in [0.25, 0.3) is 0 Å². The number of hydrogen-bond donors (Lipinski definition) is 1.